The first kappa shape index (κ1) is 13.9. The van der Waals surface area contributed by atoms with Crippen molar-refractivity contribution in [2.75, 3.05) is 27.2 Å². The van der Waals surface area contributed by atoms with Crippen LogP contribution in [0.4, 0.5) is 0 Å². The molecule has 4 nitrogen and oxygen atoms in total. The molecule has 0 spiro atoms. The maximum absolute atomic E-state index is 11.7. The Labute approximate surface area is 92.5 Å². The first-order chi connectivity index (χ1) is 7.02. The van der Waals surface area contributed by atoms with E-state index in [-0.39, 0.29) is 5.91 Å². The summed E-state index contributed by atoms with van der Waals surface area (Å²) in [5.41, 5.74) is 0. The van der Waals surface area contributed by atoms with Gasteiger partial charge in [-0.15, -0.1) is 0 Å². The van der Waals surface area contributed by atoms with Gasteiger partial charge in [-0.2, -0.15) is 5.26 Å². The molecule has 0 aliphatic heterocycles. The first-order valence-electron chi connectivity index (χ1n) is 5.34. The number of rotatable bonds is 6. The summed E-state index contributed by atoms with van der Waals surface area (Å²) in [5, 5.41) is 8.41. The summed E-state index contributed by atoms with van der Waals surface area (Å²) in [5.74, 6) is 0.0769. The number of nitrogens with zero attached hydrogens (tertiary/aromatic N) is 3. The summed E-state index contributed by atoms with van der Waals surface area (Å²) in [7, 11) is 3.69. The number of hydrogen-bond donors (Lipinski definition) is 0. The molecule has 0 radical (unpaired) electrons. The monoisotopic (exact) mass is 211 g/mol. The third-order valence-electron chi connectivity index (χ3n) is 2.71. The van der Waals surface area contributed by atoms with Gasteiger partial charge in [0.15, 0.2) is 0 Å². The van der Waals surface area contributed by atoms with Crippen molar-refractivity contribution in [3.05, 3.63) is 0 Å². The van der Waals surface area contributed by atoms with E-state index in [1.807, 2.05) is 18.0 Å². The minimum absolute atomic E-state index is 0.0769. The molecule has 1 amide bonds. The Kier molecular flexibility index (Phi) is 6.72. The number of likely N-dealkylation sites (N-methyl/N-ethyl adjacent to an activating group) is 2. The fourth-order valence-electron chi connectivity index (χ4n) is 1.14. The van der Waals surface area contributed by atoms with E-state index in [9.17, 15) is 4.79 Å². The Hall–Kier alpha value is -1.08. The lowest BCUT2D eigenvalue weighted by Gasteiger charge is -2.25. The highest BCUT2D eigenvalue weighted by molar-refractivity contribution is 5.77. The molecule has 0 bridgehead atoms. The molecule has 0 aliphatic rings. The lowest BCUT2D eigenvalue weighted by Crippen LogP contribution is -2.40. The molecule has 0 N–H and O–H groups in total. The fourth-order valence-corrected chi connectivity index (χ4v) is 1.14. The van der Waals surface area contributed by atoms with Crippen LogP contribution in [0.5, 0.6) is 0 Å². The van der Waals surface area contributed by atoms with Gasteiger partial charge in [0.05, 0.1) is 19.0 Å². The third-order valence-corrected chi connectivity index (χ3v) is 2.71. The highest BCUT2D eigenvalue weighted by Crippen LogP contribution is 2.00. The zero-order valence-corrected chi connectivity index (χ0v) is 10.2. The molecule has 86 valence electrons. The summed E-state index contributed by atoms with van der Waals surface area (Å²) in [6.45, 7) is 5.15. The van der Waals surface area contributed by atoms with Gasteiger partial charge in [0.2, 0.25) is 5.91 Å². The van der Waals surface area contributed by atoms with E-state index in [0.29, 0.717) is 25.6 Å². The maximum Gasteiger partial charge on any atom is 0.236 e. The summed E-state index contributed by atoms with van der Waals surface area (Å²) >= 11 is 0. The average molecular weight is 211 g/mol. The molecule has 1 unspecified atom stereocenters. The Morgan fingerprint density at radius 2 is 2.07 bits per heavy atom. The molecule has 0 aromatic heterocycles. The molecule has 0 saturated heterocycles. The van der Waals surface area contributed by atoms with Gasteiger partial charge in [0.25, 0.3) is 0 Å². The van der Waals surface area contributed by atoms with Crippen LogP contribution in [-0.4, -0.2) is 48.9 Å². The van der Waals surface area contributed by atoms with Crippen molar-refractivity contribution in [3.8, 4) is 6.07 Å². The van der Waals surface area contributed by atoms with Crippen LogP contribution >= 0.6 is 0 Å². The van der Waals surface area contributed by atoms with Crippen LogP contribution in [0.3, 0.4) is 0 Å². The lowest BCUT2D eigenvalue weighted by molar-refractivity contribution is -0.131. The zero-order chi connectivity index (χ0) is 11.8. The Bertz CT molecular complexity index is 234. The lowest BCUT2D eigenvalue weighted by atomic mass is 10.2. The van der Waals surface area contributed by atoms with E-state index >= 15 is 0 Å². The van der Waals surface area contributed by atoms with E-state index in [0.717, 1.165) is 6.42 Å². The van der Waals surface area contributed by atoms with E-state index in [1.54, 1.807) is 11.9 Å². The zero-order valence-electron chi connectivity index (χ0n) is 10.2. The summed E-state index contributed by atoms with van der Waals surface area (Å²) in [6, 6.07) is 2.45. The standard InChI is InChI=1S/C11H21N3O/c1-5-10(2)14(4)9-11(15)13(3)8-6-7-12/h10H,5-6,8-9H2,1-4H3. The smallest absolute Gasteiger partial charge is 0.236 e. The van der Waals surface area contributed by atoms with Crippen molar-refractivity contribution in [2.45, 2.75) is 32.7 Å². The van der Waals surface area contributed by atoms with Crippen molar-refractivity contribution < 1.29 is 4.79 Å². The van der Waals surface area contributed by atoms with Crippen molar-refractivity contribution in [2.24, 2.45) is 0 Å². The predicted octanol–water partition coefficient (Wildman–Crippen LogP) is 1.09. The fraction of sp³-hybridized carbons (Fsp3) is 0.818. The SMILES string of the molecule is CCC(C)N(C)CC(=O)N(C)CCC#N. The second-order valence-electron chi connectivity index (χ2n) is 3.90. The number of hydrogen-bond acceptors (Lipinski definition) is 3. The normalized spacial score (nSPS) is 12.3. The molecule has 1 atom stereocenters. The molecule has 0 aromatic carbocycles. The number of nitriles is 1. The van der Waals surface area contributed by atoms with Gasteiger partial charge in [-0.05, 0) is 20.4 Å². The number of carbonyl (C=O) groups excluding carboxylic acids is 1. The quantitative estimate of drug-likeness (QED) is 0.660. The van der Waals surface area contributed by atoms with Gasteiger partial charge in [0, 0.05) is 19.6 Å². The summed E-state index contributed by atoms with van der Waals surface area (Å²) < 4.78 is 0. The molecular weight excluding hydrogens is 190 g/mol. The molecule has 4 heteroatoms. The Morgan fingerprint density at radius 3 is 2.53 bits per heavy atom. The molecule has 0 rings (SSSR count). The highest BCUT2D eigenvalue weighted by Gasteiger charge is 2.14. The molecule has 0 aliphatic carbocycles. The Balaban J connectivity index is 3.96. The topological polar surface area (TPSA) is 47.3 Å². The van der Waals surface area contributed by atoms with Crippen LogP contribution in [0.2, 0.25) is 0 Å². The minimum Gasteiger partial charge on any atom is -0.344 e. The molecule has 0 saturated carbocycles. The van der Waals surface area contributed by atoms with E-state index < -0.39 is 0 Å². The van der Waals surface area contributed by atoms with Gasteiger partial charge < -0.3 is 4.90 Å². The molecule has 15 heavy (non-hydrogen) atoms. The van der Waals surface area contributed by atoms with Gasteiger partial charge in [-0.1, -0.05) is 6.92 Å². The van der Waals surface area contributed by atoms with Gasteiger partial charge in [0.1, 0.15) is 0 Å². The highest BCUT2D eigenvalue weighted by atomic mass is 16.2. The van der Waals surface area contributed by atoms with Gasteiger partial charge >= 0.3 is 0 Å². The van der Waals surface area contributed by atoms with E-state index in [2.05, 4.69) is 13.8 Å². The van der Waals surface area contributed by atoms with Crippen LogP contribution in [-0.2, 0) is 4.79 Å². The maximum atomic E-state index is 11.7. The number of carbonyl (C=O) groups is 1. The van der Waals surface area contributed by atoms with E-state index in [1.165, 1.54) is 0 Å². The second kappa shape index (κ2) is 7.24. The molecule has 0 fully saturated rings. The van der Waals surface area contributed by atoms with Crippen LogP contribution < -0.4 is 0 Å². The average Bonchev–Trinajstić information content (AvgIpc) is 2.24. The van der Waals surface area contributed by atoms with Crippen LogP contribution in [0.1, 0.15) is 26.7 Å². The molecule has 0 heterocycles. The second-order valence-corrected chi connectivity index (χ2v) is 3.90. The molecule has 0 aromatic rings. The predicted molar refractivity (Wildman–Crippen MR) is 60.3 cm³/mol. The van der Waals surface area contributed by atoms with Crippen molar-refractivity contribution in [1.82, 2.24) is 9.80 Å². The van der Waals surface area contributed by atoms with Crippen LogP contribution in [0.25, 0.3) is 0 Å². The van der Waals surface area contributed by atoms with Crippen LogP contribution in [0, 0.1) is 11.3 Å². The largest absolute Gasteiger partial charge is 0.344 e. The van der Waals surface area contributed by atoms with Crippen molar-refractivity contribution >= 4 is 5.91 Å². The van der Waals surface area contributed by atoms with E-state index in [4.69, 9.17) is 5.26 Å². The van der Waals surface area contributed by atoms with Gasteiger partial charge in [-0.3, -0.25) is 9.69 Å². The summed E-state index contributed by atoms with van der Waals surface area (Å²) in [6.07, 6.45) is 1.43. The van der Waals surface area contributed by atoms with Crippen molar-refractivity contribution in [3.63, 3.8) is 0 Å². The first-order valence-corrected chi connectivity index (χ1v) is 5.34. The summed E-state index contributed by atoms with van der Waals surface area (Å²) in [4.78, 5) is 15.3. The molecular formula is C11H21N3O. The minimum atomic E-state index is 0.0769. The third kappa shape index (κ3) is 5.38. The number of amides is 1. The van der Waals surface area contributed by atoms with Crippen LogP contribution in [0.15, 0.2) is 0 Å². The Morgan fingerprint density at radius 1 is 1.47 bits per heavy atom. The van der Waals surface area contributed by atoms with Crippen molar-refractivity contribution in [1.29, 1.82) is 5.26 Å². The van der Waals surface area contributed by atoms with Gasteiger partial charge in [-0.25, -0.2) is 0 Å².